The fraction of sp³-hybridized carbons (Fsp3) is 0.0714. The van der Waals surface area contributed by atoms with E-state index in [4.69, 9.17) is 0 Å². The number of rotatable bonds is 2. The number of nitrogens with zero attached hydrogens (tertiary/aromatic N) is 1. The molecule has 0 spiro atoms. The zero-order chi connectivity index (χ0) is 11.1. The van der Waals surface area contributed by atoms with E-state index in [0.717, 1.165) is 12.1 Å². The minimum Gasteiger partial charge on any atom is -0.350 e. The second-order valence-corrected chi connectivity index (χ2v) is 3.50. The van der Waals surface area contributed by atoms with Crippen LogP contribution >= 0.6 is 0 Å². The molecule has 0 atom stereocenters. The van der Waals surface area contributed by atoms with Gasteiger partial charge in [-0.15, -0.1) is 0 Å². The van der Waals surface area contributed by atoms with Crippen LogP contribution in [0.25, 0.3) is 0 Å². The Morgan fingerprint density at radius 2 is 1.62 bits per heavy atom. The standard InChI is InChI=1S/C14H14N2/c1-3-7-13(8-4-1)11-14-9-5-2-6-10-15-12-16-14/h1-10,12H,11H2,(H,15,16). The number of benzene rings is 1. The number of aromatic amines is 1. The highest BCUT2D eigenvalue weighted by Gasteiger charge is 1.92. The first-order valence-corrected chi connectivity index (χ1v) is 5.29. The number of aromatic nitrogens is 2. The molecule has 2 heteroatoms. The Morgan fingerprint density at radius 3 is 2.50 bits per heavy atom. The average molecular weight is 210 g/mol. The van der Waals surface area contributed by atoms with Gasteiger partial charge in [0.05, 0.1) is 6.33 Å². The van der Waals surface area contributed by atoms with E-state index in [1.807, 2.05) is 24.3 Å². The van der Waals surface area contributed by atoms with Crippen molar-refractivity contribution in [1.82, 2.24) is 9.97 Å². The molecule has 16 heavy (non-hydrogen) atoms. The molecule has 2 nitrogen and oxygen atoms in total. The van der Waals surface area contributed by atoms with Crippen LogP contribution in [0.3, 0.4) is 0 Å². The third-order valence-corrected chi connectivity index (χ3v) is 2.25. The van der Waals surface area contributed by atoms with Crippen LogP contribution in [0.2, 0.25) is 0 Å². The molecule has 1 N–H and O–H groups in total. The van der Waals surface area contributed by atoms with Gasteiger partial charge >= 0.3 is 0 Å². The summed E-state index contributed by atoms with van der Waals surface area (Å²) in [7, 11) is 0. The summed E-state index contributed by atoms with van der Waals surface area (Å²) in [4.78, 5) is 7.25. The molecule has 0 radical (unpaired) electrons. The summed E-state index contributed by atoms with van der Waals surface area (Å²) in [5.74, 6) is 0. The normalized spacial score (nSPS) is 9.50. The van der Waals surface area contributed by atoms with E-state index in [2.05, 4.69) is 40.3 Å². The van der Waals surface area contributed by atoms with Gasteiger partial charge in [0, 0.05) is 18.3 Å². The molecule has 0 saturated heterocycles. The van der Waals surface area contributed by atoms with Gasteiger partial charge in [0.2, 0.25) is 0 Å². The van der Waals surface area contributed by atoms with Crippen LogP contribution in [0.4, 0.5) is 0 Å². The zero-order valence-corrected chi connectivity index (χ0v) is 9.01. The number of hydrogen-bond acceptors (Lipinski definition) is 1. The Hall–Kier alpha value is -2.09. The molecule has 2 aromatic rings. The van der Waals surface area contributed by atoms with Crippen LogP contribution in [0.5, 0.6) is 0 Å². The van der Waals surface area contributed by atoms with Crippen LogP contribution in [0.15, 0.2) is 67.1 Å². The number of hydrogen-bond donors (Lipinski definition) is 1. The lowest BCUT2D eigenvalue weighted by atomic mass is 10.1. The summed E-state index contributed by atoms with van der Waals surface area (Å²) in [5.41, 5.74) is 2.42. The minimum atomic E-state index is 0.886. The van der Waals surface area contributed by atoms with Gasteiger partial charge in [0.1, 0.15) is 0 Å². The molecule has 1 heterocycles. The van der Waals surface area contributed by atoms with Crippen molar-refractivity contribution >= 4 is 0 Å². The average Bonchev–Trinajstić information content (AvgIpc) is 2.45. The van der Waals surface area contributed by atoms with Crippen molar-refractivity contribution in [1.29, 1.82) is 0 Å². The molecule has 0 amide bonds. The molecule has 1 aromatic heterocycles. The van der Waals surface area contributed by atoms with Crippen LogP contribution < -0.4 is 0 Å². The zero-order valence-electron chi connectivity index (χ0n) is 9.01. The van der Waals surface area contributed by atoms with Crippen molar-refractivity contribution in [3.63, 3.8) is 0 Å². The van der Waals surface area contributed by atoms with Gasteiger partial charge in [-0.05, 0) is 17.7 Å². The van der Waals surface area contributed by atoms with Gasteiger partial charge in [0.25, 0.3) is 0 Å². The molecule has 0 bridgehead atoms. The van der Waals surface area contributed by atoms with Crippen LogP contribution in [0, 0.1) is 0 Å². The molecule has 80 valence electrons. The van der Waals surface area contributed by atoms with Gasteiger partial charge in [-0.1, -0.05) is 42.5 Å². The topological polar surface area (TPSA) is 28.7 Å². The van der Waals surface area contributed by atoms with Gasteiger partial charge in [-0.2, -0.15) is 0 Å². The first-order chi connectivity index (χ1) is 7.95. The Bertz CT molecular complexity index is 449. The maximum atomic E-state index is 4.07. The second kappa shape index (κ2) is 5.71. The van der Waals surface area contributed by atoms with Crippen LogP contribution in [-0.4, -0.2) is 9.97 Å². The van der Waals surface area contributed by atoms with E-state index in [-0.39, 0.29) is 0 Å². The van der Waals surface area contributed by atoms with Crippen molar-refractivity contribution in [2.45, 2.75) is 6.42 Å². The summed E-state index contributed by atoms with van der Waals surface area (Å²) in [6.07, 6.45) is 4.35. The SMILES string of the molecule is c1ccc(Cc2cccccnc[nH]2)cc1. The minimum absolute atomic E-state index is 0.886. The highest BCUT2D eigenvalue weighted by molar-refractivity contribution is 5.20. The van der Waals surface area contributed by atoms with E-state index in [9.17, 15) is 0 Å². The Kier molecular flexibility index (Phi) is 3.72. The lowest BCUT2D eigenvalue weighted by molar-refractivity contribution is 1.06. The molecule has 0 aliphatic rings. The van der Waals surface area contributed by atoms with E-state index >= 15 is 0 Å². The molecular weight excluding hydrogens is 196 g/mol. The molecule has 0 aliphatic heterocycles. The van der Waals surface area contributed by atoms with Gasteiger partial charge < -0.3 is 4.98 Å². The Labute approximate surface area is 95.3 Å². The monoisotopic (exact) mass is 210 g/mol. The van der Waals surface area contributed by atoms with E-state index < -0.39 is 0 Å². The maximum absolute atomic E-state index is 4.07. The summed E-state index contributed by atoms with van der Waals surface area (Å²) >= 11 is 0. The number of nitrogens with one attached hydrogen (secondary N) is 1. The summed E-state index contributed by atoms with van der Waals surface area (Å²) in [6, 6.07) is 18.3. The van der Waals surface area contributed by atoms with Crippen molar-refractivity contribution in [2.75, 3.05) is 0 Å². The summed E-state index contributed by atoms with van der Waals surface area (Å²) in [5, 5.41) is 0. The van der Waals surface area contributed by atoms with E-state index in [1.54, 1.807) is 12.5 Å². The quantitative estimate of drug-likeness (QED) is 0.810. The predicted octanol–water partition coefficient (Wildman–Crippen LogP) is 3.12. The lowest BCUT2D eigenvalue weighted by Gasteiger charge is -1.98. The Balaban J connectivity index is 2.26. The van der Waals surface area contributed by atoms with Crippen LogP contribution in [-0.2, 0) is 6.42 Å². The molecule has 2 rings (SSSR count). The number of H-pyrrole nitrogens is 1. The third kappa shape index (κ3) is 3.24. The summed E-state index contributed by atoms with van der Waals surface area (Å²) in [6.45, 7) is 0. The fourth-order valence-electron chi connectivity index (χ4n) is 1.47. The molecule has 0 fully saturated rings. The van der Waals surface area contributed by atoms with Crippen molar-refractivity contribution in [3.05, 3.63) is 78.4 Å². The van der Waals surface area contributed by atoms with E-state index in [0.29, 0.717) is 0 Å². The van der Waals surface area contributed by atoms with Crippen molar-refractivity contribution in [3.8, 4) is 0 Å². The van der Waals surface area contributed by atoms with E-state index in [1.165, 1.54) is 5.56 Å². The summed E-state index contributed by atoms with van der Waals surface area (Å²) < 4.78 is 0. The molecule has 0 unspecified atom stereocenters. The third-order valence-electron chi connectivity index (χ3n) is 2.25. The molecule has 0 saturated carbocycles. The fourth-order valence-corrected chi connectivity index (χ4v) is 1.47. The molecular formula is C14H14N2. The van der Waals surface area contributed by atoms with Gasteiger partial charge in [0.15, 0.2) is 0 Å². The maximum Gasteiger partial charge on any atom is 0.0920 e. The smallest absolute Gasteiger partial charge is 0.0920 e. The largest absolute Gasteiger partial charge is 0.350 e. The van der Waals surface area contributed by atoms with Gasteiger partial charge in [-0.3, -0.25) is 0 Å². The highest BCUT2D eigenvalue weighted by Crippen LogP contribution is 2.04. The lowest BCUT2D eigenvalue weighted by Crippen LogP contribution is -1.88. The van der Waals surface area contributed by atoms with Crippen molar-refractivity contribution in [2.24, 2.45) is 0 Å². The molecule has 1 aromatic carbocycles. The second-order valence-electron chi connectivity index (χ2n) is 3.50. The first-order valence-electron chi connectivity index (χ1n) is 5.29. The molecule has 0 aliphatic carbocycles. The van der Waals surface area contributed by atoms with Gasteiger partial charge in [-0.25, -0.2) is 4.98 Å². The first kappa shape index (κ1) is 10.4. The predicted molar refractivity (Wildman–Crippen MR) is 65.5 cm³/mol. The van der Waals surface area contributed by atoms with Crippen LogP contribution in [0.1, 0.15) is 11.3 Å². The Morgan fingerprint density at radius 1 is 0.875 bits per heavy atom. The highest BCUT2D eigenvalue weighted by atomic mass is 14.8. The van der Waals surface area contributed by atoms with Crippen molar-refractivity contribution < 1.29 is 0 Å².